The van der Waals surface area contributed by atoms with E-state index in [9.17, 15) is 0 Å². The van der Waals surface area contributed by atoms with Crippen LogP contribution >= 0.6 is 0 Å². The summed E-state index contributed by atoms with van der Waals surface area (Å²) in [6, 6.07) is 0.438. The molecule has 3 heteroatoms. The number of hydrogen-bond donors (Lipinski definition) is 1. The average molecular weight is 213 g/mol. The van der Waals surface area contributed by atoms with Crippen molar-refractivity contribution in [3.8, 4) is 0 Å². The predicted molar refractivity (Wildman–Crippen MR) is 68.6 cm³/mol. The van der Waals surface area contributed by atoms with Gasteiger partial charge in [-0.3, -0.25) is 9.89 Å². The molecular formula is C12H27N3. The molecule has 0 rings (SSSR count). The van der Waals surface area contributed by atoms with Crippen LogP contribution in [0, 0.1) is 0 Å². The van der Waals surface area contributed by atoms with Crippen LogP contribution in [-0.4, -0.2) is 42.5 Å². The van der Waals surface area contributed by atoms with Gasteiger partial charge in [0.25, 0.3) is 0 Å². The highest BCUT2D eigenvalue weighted by atomic mass is 15.2. The van der Waals surface area contributed by atoms with Gasteiger partial charge in [-0.25, -0.2) is 0 Å². The summed E-state index contributed by atoms with van der Waals surface area (Å²) in [6.45, 7) is 15.3. The van der Waals surface area contributed by atoms with Crippen molar-refractivity contribution in [2.45, 2.75) is 53.1 Å². The van der Waals surface area contributed by atoms with Crippen molar-refractivity contribution < 1.29 is 0 Å². The number of nitrogens with one attached hydrogen (secondary N) is 1. The number of aliphatic imine (C=N–C) groups is 1. The smallest absolute Gasteiger partial charge is 0.0930 e. The molecular weight excluding hydrogens is 186 g/mol. The molecule has 0 aliphatic rings. The fourth-order valence-corrected chi connectivity index (χ4v) is 1.67. The lowest BCUT2D eigenvalue weighted by atomic mass is 10.1. The Morgan fingerprint density at radius 2 is 1.93 bits per heavy atom. The molecule has 1 unspecified atom stereocenters. The molecule has 0 fully saturated rings. The molecule has 1 N–H and O–H groups in total. The van der Waals surface area contributed by atoms with Gasteiger partial charge in [-0.1, -0.05) is 6.92 Å². The first-order chi connectivity index (χ1) is 6.81. The third-order valence-corrected chi connectivity index (χ3v) is 2.62. The Morgan fingerprint density at radius 3 is 2.27 bits per heavy atom. The maximum atomic E-state index is 4.11. The Kier molecular flexibility index (Phi) is 5.88. The second-order valence-corrected chi connectivity index (χ2v) is 5.06. The third kappa shape index (κ3) is 5.78. The van der Waals surface area contributed by atoms with Gasteiger partial charge in [-0.2, -0.15) is 0 Å². The minimum absolute atomic E-state index is 0.238. The van der Waals surface area contributed by atoms with Crippen molar-refractivity contribution in [1.82, 2.24) is 10.2 Å². The first kappa shape index (κ1) is 14.4. The fraction of sp³-hybridized carbons (Fsp3) is 0.917. The molecule has 0 aromatic carbocycles. The normalized spacial score (nSPS) is 15.6. The van der Waals surface area contributed by atoms with Gasteiger partial charge in [-0.05, 0) is 41.2 Å². The molecule has 0 radical (unpaired) electrons. The molecule has 1 atom stereocenters. The van der Waals surface area contributed by atoms with Crippen molar-refractivity contribution in [2.75, 3.05) is 20.1 Å². The second kappa shape index (κ2) is 6.11. The van der Waals surface area contributed by atoms with E-state index in [2.05, 4.69) is 49.8 Å². The van der Waals surface area contributed by atoms with Crippen LogP contribution in [0.15, 0.2) is 4.99 Å². The molecule has 0 saturated heterocycles. The van der Waals surface area contributed by atoms with Crippen LogP contribution in [0.4, 0.5) is 0 Å². The molecule has 3 nitrogen and oxygen atoms in total. The topological polar surface area (TPSA) is 27.6 Å². The fourth-order valence-electron chi connectivity index (χ4n) is 1.67. The SMILES string of the molecule is CCN(CC(C)NC(C)=NC)C(C)(C)C. The Morgan fingerprint density at radius 1 is 1.40 bits per heavy atom. The standard InChI is InChI=1S/C12H27N3/c1-8-15(12(4,5)6)9-10(2)14-11(3)13-7/h10H,8-9H2,1-7H3,(H,13,14). The zero-order valence-corrected chi connectivity index (χ0v) is 11.4. The first-order valence-electron chi connectivity index (χ1n) is 5.76. The van der Waals surface area contributed by atoms with Crippen molar-refractivity contribution in [1.29, 1.82) is 0 Å². The molecule has 15 heavy (non-hydrogen) atoms. The molecule has 0 heterocycles. The predicted octanol–water partition coefficient (Wildman–Crippen LogP) is 2.13. The number of rotatable bonds is 4. The summed E-state index contributed by atoms with van der Waals surface area (Å²) >= 11 is 0. The highest BCUT2D eigenvalue weighted by Crippen LogP contribution is 2.12. The van der Waals surface area contributed by atoms with E-state index < -0.39 is 0 Å². The van der Waals surface area contributed by atoms with E-state index in [4.69, 9.17) is 0 Å². The van der Waals surface area contributed by atoms with E-state index in [-0.39, 0.29) is 5.54 Å². The Bertz CT molecular complexity index is 203. The van der Waals surface area contributed by atoms with E-state index in [0.29, 0.717) is 6.04 Å². The lowest BCUT2D eigenvalue weighted by molar-refractivity contribution is 0.135. The van der Waals surface area contributed by atoms with Crippen LogP contribution in [0.1, 0.15) is 41.5 Å². The van der Waals surface area contributed by atoms with E-state index in [0.717, 1.165) is 18.9 Å². The molecule has 0 aromatic heterocycles. The minimum Gasteiger partial charge on any atom is -0.370 e. The first-order valence-corrected chi connectivity index (χ1v) is 5.76. The van der Waals surface area contributed by atoms with Gasteiger partial charge >= 0.3 is 0 Å². The number of likely N-dealkylation sites (N-methyl/N-ethyl adjacent to an activating group) is 1. The van der Waals surface area contributed by atoms with Gasteiger partial charge in [-0.15, -0.1) is 0 Å². The lowest BCUT2D eigenvalue weighted by Gasteiger charge is -2.36. The molecule has 0 aliphatic carbocycles. The van der Waals surface area contributed by atoms with Crippen LogP contribution < -0.4 is 5.32 Å². The van der Waals surface area contributed by atoms with Gasteiger partial charge in [0.2, 0.25) is 0 Å². The molecule has 0 bridgehead atoms. The summed E-state index contributed by atoms with van der Waals surface area (Å²) in [5.74, 6) is 1.01. The highest BCUT2D eigenvalue weighted by molar-refractivity contribution is 5.79. The third-order valence-electron chi connectivity index (χ3n) is 2.62. The maximum absolute atomic E-state index is 4.11. The van der Waals surface area contributed by atoms with Crippen LogP contribution in [0.2, 0.25) is 0 Å². The monoisotopic (exact) mass is 213 g/mol. The van der Waals surface area contributed by atoms with Gasteiger partial charge in [0.1, 0.15) is 0 Å². The van der Waals surface area contributed by atoms with Gasteiger partial charge < -0.3 is 5.32 Å². The summed E-state index contributed by atoms with van der Waals surface area (Å²) in [6.07, 6.45) is 0. The van der Waals surface area contributed by atoms with Crippen LogP contribution in [0.25, 0.3) is 0 Å². The van der Waals surface area contributed by atoms with Crippen LogP contribution in [0.3, 0.4) is 0 Å². The Labute approximate surface area is 95.0 Å². The van der Waals surface area contributed by atoms with Gasteiger partial charge in [0, 0.05) is 25.2 Å². The molecule has 0 aliphatic heterocycles. The summed E-state index contributed by atoms with van der Waals surface area (Å²) < 4.78 is 0. The van der Waals surface area contributed by atoms with Crippen molar-refractivity contribution >= 4 is 5.84 Å². The quantitative estimate of drug-likeness (QED) is 0.572. The van der Waals surface area contributed by atoms with E-state index in [1.165, 1.54) is 0 Å². The van der Waals surface area contributed by atoms with E-state index >= 15 is 0 Å². The van der Waals surface area contributed by atoms with Gasteiger partial charge in [0.15, 0.2) is 0 Å². The summed E-state index contributed by atoms with van der Waals surface area (Å²) in [7, 11) is 1.82. The minimum atomic E-state index is 0.238. The average Bonchev–Trinajstić information content (AvgIpc) is 2.12. The lowest BCUT2D eigenvalue weighted by Crippen LogP contribution is -2.48. The number of nitrogens with zero attached hydrogens (tertiary/aromatic N) is 2. The van der Waals surface area contributed by atoms with E-state index in [1.807, 2.05) is 14.0 Å². The zero-order chi connectivity index (χ0) is 12.1. The Hall–Kier alpha value is -0.570. The molecule has 0 aromatic rings. The zero-order valence-electron chi connectivity index (χ0n) is 11.4. The summed E-state index contributed by atoms with van der Waals surface area (Å²) in [5, 5.41) is 3.37. The Balaban J connectivity index is 4.19. The summed E-state index contributed by atoms with van der Waals surface area (Å²) in [4.78, 5) is 6.58. The van der Waals surface area contributed by atoms with Crippen molar-refractivity contribution in [3.63, 3.8) is 0 Å². The molecule has 90 valence electrons. The molecule has 0 spiro atoms. The maximum Gasteiger partial charge on any atom is 0.0930 e. The largest absolute Gasteiger partial charge is 0.370 e. The summed E-state index contributed by atoms with van der Waals surface area (Å²) in [5.41, 5.74) is 0.238. The van der Waals surface area contributed by atoms with Crippen molar-refractivity contribution in [3.05, 3.63) is 0 Å². The molecule has 0 saturated carbocycles. The van der Waals surface area contributed by atoms with Crippen LogP contribution in [-0.2, 0) is 0 Å². The number of amidine groups is 1. The van der Waals surface area contributed by atoms with E-state index in [1.54, 1.807) is 0 Å². The highest BCUT2D eigenvalue weighted by Gasteiger charge is 2.21. The number of hydrogen-bond acceptors (Lipinski definition) is 2. The molecule has 0 amide bonds. The van der Waals surface area contributed by atoms with Gasteiger partial charge in [0.05, 0.1) is 5.84 Å². The van der Waals surface area contributed by atoms with Crippen LogP contribution in [0.5, 0.6) is 0 Å². The second-order valence-electron chi connectivity index (χ2n) is 5.06. The van der Waals surface area contributed by atoms with Crippen molar-refractivity contribution in [2.24, 2.45) is 4.99 Å².